The maximum absolute atomic E-state index is 10.8. The summed E-state index contributed by atoms with van der Waals surface area (Å²) in [5, 5.41) is 18.1. The number of aliphatic carboxylic acids is 1. The highest BCUT2D eigenvalue weighted by Crippen LogP contribution is 2.22. The first kappa shape index (κ1) is 14.2. The van der Waals surface area contributed by atoms with Gasteiger partial charge in [-0.2, -0.15) is 0 Å². The molecule has 0 fully saturated rings. The summed E-state index contributed by atoms with van der Waals surface area (Å²) in [6.45, 7) is 7.40. The Kier molecular flexibility index (Phi) is 5.93. The number of allylic oxidation sites excluding steroid dienone is 1. The van der Waals surface area contributed by atoms with Crippen molar-refractivity contribution in [3.8, 4) is 5.75 Å². The maximum atomic E-state index is 10.8. The van der Waals surface area contributed by atoms with Crippen LogP contribution in [0, 0.1) is 6.92 Å². The molecule has 0 aromatic heterocycles. The highest BCUT2D eigenvalue weighted by Gasteiger charge is 2.09. The molecule has 0 aliphatic rings. The standard InChI is InChI=1S/C11H12O3.C2H6/c1-3-9(11(13)14)8-4-5-10(12)7(2)6-8;1-2/h3-6,12H,1-2H3,(H,13,14);1-2H3/b9-3+;. The minimum absolute atomic E-state index is 0.176. The average Bonchev–Trinajstić information content (AvgIpc) is 2.26. The van der Waals surface area contributed by atoms with Gasteiger partial charge in [-0.05, 0) is 37.1 Å². The fourth-order valence-corrected chi connectivity index (χ4v) is 1.24. The number of carboxylic acids is 1. The molecule has 1 aromatic carbocycles. The number of rotatable bonds is 2. The lowest BCUT2D eigenvalue weighted by molar-refractivity contribution is -0.130. The average molecular weight is 222 g/mol. The van der Waals surface area contributed by atoms with E-state index in [0.717, 1.165) is 0 Å². The highest BCUT2D eigenvalue weighted by molar-refractivity contribution is 6.15. The van der Waals surface area contributed by atoms with Crippen molar-refractivity contribution in [1.29, 1.82) is 0 Å². The first-order valence-electron chi connectivity index (χ1n) is 5.26. The zero-order valence-corrected chi connectivity index (χ0v) is 10.1. The molecule has 1 aromatic rings. The lowest BCUT2D eigenvalue weighted by atomic mass is 10.0. The molecule has 88 valence electrons. The van der Waals surface area contributed by atoms with Crippen LogP contribution in [0.15, 0.2) is 24.3 Å². The van der Waals surface area contributed by atoms with Gasteiger partial charge in [0.15, 0.2) is 0 Å². The lowest BCUT2D eigenvalue weighted by Gasteiger charge is -2.04. The molecule has 3 heteroatoms. The summed E-state index contributed by atoms with van der Waals surface area (Å²) in [6.07, 6.45) is 1.54. The van der Waals surface area contributed by atoms with Crippen molar-refractivity contribution < 1.29 is 15.0 Å². The fourth-order valence-electron chi connectivity index (χ4n) is 1.24. The molecule has 0 amide bonds. The van der Waals surface area contributed by atoms with Gasteiger partial charge in [-0.15, -0.1) is 0 Å². The molecule has 3 nitrogen and oxygen atoms in total. The van der Waals surface area contributed by atoms with Gasteiger partial charge in [0, 0.05) is 0 Å². The van der Waals surface area contributed by atoms with E-state index in [9.17, 15) is 9.90 Å². The summed E-state index contributed by atoms with van der Waals surface area (Å²) >= 11 is 0. The largest absolute Gasteiger partial charge is 0.508 e. The third kappa shape index (κ3) is 3.42. The van der Waals surface area contributed by atoms with Crippen molar-refractivity contribution in [2.45, 2.75) is 27.7 Å². The lowest BCUT2D eigenvalue weighted by Crippen LogP contribution is -1.99. The van der Waals surface area contributed by atoms with E-state index in [-0.39, 0.29) is 11.3 Å². The van der Waals surface area contributed by atoms with Gasteiger partial charge in [0.25, 0.3) is 0 Å². The molecular formula is C13H18O3. The van der Waals surface area contributed by atoms with Gasteiger partial charge in [0.1, 0.15) is 5.75 Å². The third-order valence-electron chi connectivity index (χ3n) is 2.03. The molecule has 0 aliphatic carbocycles. The van der Waals surface area contributed by atoms with Crippen LogP contribution in [0.1, 0.15) is 31.9 Å². The van der Waals surface area contributed by atoms with E-state index in [0.29, 0.717) is 11.1 Å². The Morgan fingerprint density at radius 1 is 1.31 bits per heavy atom. The van der Waals surface area contributed by atoms with Crippen LogP contribution in [0.5, 0.6) is 5.75 Å². The number of carbonyl (C=O) groups is 1. The van der Waals surface area contributed by atoms with Gasteiger partial charge < -0.3 is 10.2 Å². The summed E-state index contributed by atoms with van der Waals surface area (Å²) in [5.41, 5.74) is 1.52. The number of phenols is 1. The van der Waals surface area contributed by atoms with Gasteiger partial charge in [0.2, 0.25) is 0 Å². The molecule has 1 rings (SSSR count). The van der Waals surface area contributed by atoms with Crippen LogP contribution in [0.4, 0.5) is 0 Å². The highest BCUT2D eigenvalue weighted by atomic mass is 16.4. The predicted molar refractivity (Wildman–Crippen MR) is 65.5 cm³/mol. The zero-order valence-electron chi connectivity index (χ0n) is 10.1. The number of aromatic hydroxyl groups is 1. The van der Waals surface area contributed by atoms with Crippen LogP contribution in [0.3, 0.4) is 0 Å². The molecule has 2 N–H and O–H groups in total. The van der Waals surface area contributed by atoms with E-state index in [1.165, 1.54) is 12.1 Å². The second-order valence-corrected chi connectivity index (χ2v) is 3.01. The molecule has 0 heterocycles. The Morgan fingerprint density at radius 3 is 2.25 bits per heavy atom. The van der Waals surface area contributed by atoms with Crippen LogP contribution in [-0.2, 0) is 4.79 Å². The summed E-state index contributed by atoms with van der Waals surface area (Å²) in [6, 6.07) is 4.74. The second-order valence-electron chi connectivity index (χ2n) is 3.01. The zero-order chi connectivity index (χ0) is 12.7. The normalized spacial score (nSPS) is 10.4. The molecule has 0 saturated carbocycles. The Morgan fingerprint density at radius 2 is 1.88 bits per heavy atom. The summed E-state index contributed by atoms with van der Waals surface area (Å²) in [5.74, 6) is -0.785. The summed E-state index contributed by atoms with van der Waals surface area (Å²) in [4.78, 5) is 10.8. The fraction of sp³-hybridized carbons (Fsp3) is 0.308. The third-order valence-corrected chi connectivity index (χ3v) is 2.03. The Bertz CT molecular complexity index is 392. The van der Waals surface area contributed by atoms with Crippen LogP contribution in [0.25, 0.3) is 5.57 Å². The van der Waals surface area contributed by atoms with Crippen LogP contribution in [-0.4, -0.2) is 16.2 Å². The first-order chi connectivity index (χ1) is 7.56. The summed E-state index contributed by atoms with van der Waals surface area (Å²) < 4.78 is 0. The van der Waals surface area contributed by atoms with Crippen molar-refractivity contribution in [3.05, 3.63) is 35.4 Å². The van der Waals surface area contributed by atoms with E-state index in [4.69, 9.17) is 5.11 Å². The van der Waals surface area contributed by atoms with Gasteiger partial charge in [-0.25, -0.2) is 4.79 Å². The van der Waals surface area contributed by atoms with Crippen molar-refractivity contribution >= 4 is 11.5 Å². The maximum Gasteiger partial charge on any atom is 0.335 e. The Hall–Kier alpha value is -1.77. The summed E-state index contributed by atoms with van der Waals surface area (Å²) in [7, 11) is 0. The molecule has 0 spiro atoms. The Labute approximate surface area is 96.1 Å². The van der Waals surface area contributed by atoms with Crippen LogP contribution in [0.2, 0.25) is 0 Å². The molecule has 0 saturated heterocycles. The SMILES string of the molecule is C/C=C(/C(=O)O)c1ccc(O)c(C)c1.CC. The van der Waals surface area contributed by atoms with Crippen molar-refractivity contribution in [2.75, 3.05) is 0 Å². The minimum Gasteiger partial charge on any atom is -0.508 e. The van der Waals surface area contributed by atoms with Crippen molar-refractivity contribution in [1.82, 2.24) is 0 Å². The van der Waals surface area contributed by atoms with Crippen LogP contribution >= 0.6 is 0 Å². The monoisotopic (exact) mass is 222 g/mol. The number of carboxylic acid groups (broad SMARTS) is 1. The number of phenolic OH excluding ortho intramolecular Hbond substituents is 1. The van der Waals surface area contributed by atoms with E-state index in [1.807, 2.05) is 13.8 Å². The molecule has 0 unspecified atom stereocenters. The topological polar surface area (TPSA) is 57.5 Å². The molecule has 0 atom stereocenters. The molecular weight excluding hydrogens is 204 g/mol. The van der Waals surface area contributed by atoms with E-state index < -0.39 is 5.97 Å². The first-order valence-corrected chi connectivity index (χ1v) is 5.26. The van der Waals surface area contributed by atoms with E-state index >= 15 is 0 Å². The molecule has 16 heavy (non-hydrogen) atoms. The predicted octanol–water partition coefficient (Wildman–Crippen LogP) is 3.21. The van der Waals surface area contributed by atoms with Crippen molar-refractivity contribution in [3.63, 3.8) is 0 Å². The van der Waals surface area contributed by atoms with Gasteiger partial charge in [0.05, 0.1) is 5.57 Å². The number of hydrogen-bond acceptors (Lipinski definition) is 2. The van der Waals surface area contributed by atoms with Gasteiger partial charge in [-0.1, -0.05) is 26.0 Å². The molecule has 0 bridgehead atoms. The Balaban J connectivity index is 0.00000106. The molecule has 0 aliphatic heterocycles. The van der Waals surface area contributed by atoms with E-state index in [1.54, 1.807) is 26.0 Å². The number of aryl methyl sites for hydroxylation is 1. The van der Waals surface area contributed by atoms with Gasteiger partial charge in [-0.3, -0.25) is 0 Å². The van der Waals surface area contributed by atoms with Crippen molar-refractivity contribution in [2.24, 2.45) is 0 Å². The minimum atomic E-state index is -0.961. The smallest absolute Gasteiger partial charge is 0.335 e. The molecule has 0 radical (unpaired) electrons. The number of benzene rings is 1. The second kappa shape index (κ2) is 6.67. The van der Waals surface area contributed by atoms with Gasteiger partial charge >= 0.3 is 5.97 Å². The van der Waals surface area contributed by atoms with Crippen LogP contribution < -0.4 is 0 Å². The van der Waals surface area contributed by atoms with E-state index in [2.05, 4.69) is 0 Å². The number of hydrogen-bond donors (Lipinski definition) is 2. The quantitative estimate of drug-likeness (QED) is 0.755.